The number of nitriles is 1. The predicted octanol–water partition coefficient (Wildman–Crippen LogP) is 3.50. The molecule has 0 radical (unpaired) electrons. The lowest BCUT2D eigenvalue weighted by atomic mass is 9.82. The first-order valence-electron chi connectivity index (χ1n) is 6.25. The number of likely N-dealkylation sites (tertiary alicyclic amines) is 1. The van der Waals surface area contributed by atoms with Crippen molar-refractivity contribution in [2.45, 2.75) is 19.8 Å². The summed E-state index contributed by atoms with van der Waals surface area (Å²) < 4.78 is 0. The van der Waals surface area contributed by atoms with Gasteiger partial charge in [-0.2, -0.15) is 5.26 Å². The molecule has 0 atom stereocenters. The lowest BCUT2D eigenvalue weighted by Gasteiger charge is -2.34. The number of nitrogens with one attached hydrogen (secondary N) is 1. The van der Waals surface area contributed by atoms with Gasteiger partial charge in [0.25, 0.3) is 0 Å². The van der Waals surface area contributed by atoms with E-state index in [-0.39, 0.29) is 11.4 Å². The minimum atomic E-state index is -0.295. The molecule has 0 aliphatic carbocycles. The maximum absolute atomic E-state index is 12.1. The molecular weight excluding hydrogens is 262 g/mol. The van der Waals surface area contributed by atoms with Crippen molar-refractivity contribution in [1.82, 2.24) is 4.90 Å². The molecular formula is C14H16ClN3O. The summed E-state index contributed by atoms with van der Waals surface area (Å²) in [5, 5.41) is 12.5. The van der Waals surface area contributed by atoms with Crippen molar-refractivity contribution in [3.8, 4) is 6.07 Å². The Morgan fingerprint density at radius 2 is 1.95 bits per heavy atom. The molecule has 1 aliphatic heterocycles. The van der Waals surface area contributed by atoms with Crippen LogP contribution in [0.15, 0.2) is 24.3 Å². The zero-order chi connectivity index (χ0) is 13.9. The summed E-state index contributed by atoms with van der Waals surface area (Å²) in [4.78, 5) is 13.8. The second-order valence-corrected chi connectivity index (χ2v) is 5.53. The van der Waals surface area contributed by atoms with E-state index >= 15 is 0 Å². The van der Waals surface area contributed by atoms with Gasteiger partial charge in [-0.25, -0.2) is 4.79 Å². The molecule has 0 unspecified atom stereocenters. The Morgan fingerprint density at radius 3 is 2.47 bits per heavy atom. The fraction of sp³-hybridized carbons (Fsp3) is 0.429. The number of halogens is 1. The molecule has 19 heavy (non-hydrogen) atoms. The number of anilines is 1. The van der Waals surface area contributed by atoms with Crippen LogP contribution in [-0.2, 0) is 0 Å². The van der Waals surface area contributed by atoms with E-state index in [2.05, 4.69) is 11.4 Å². The molecule has 1 N–H and O–H groups in total. The quantitative estimate of drug-likeness (QED) is 0.854. The van der Waals surface area contributed by atoms with Crippen molar-refractivity contribution >= 4 is 23.3 Å². The maximum Gasteiger partial charge on any atom is 0.321 e. The number of hydrogen-bond donors (Lipinski definition) is 1. The summed E-state index contributed by atoms with van der Waals surface area (Å²) in [5.74, 6) is 0. The van der Waals surface area contributed by atoms with Crippen LogP contribution < -0.4 is 5.32 Å². The Bertz CT molecular complexity index is 498. The molecule has 1 fully saturated rings. The van der Waals surface area contributed by atoms with E-state index < -0.39 is 0 Å². The topological polar surface area (TPSA) is 56.1 Å². The number of urea groups is 1. The van der Waals surface area contributed by atoms with Gasteiger partial charge in [-0.15, -0.1) is 0 Å². The number of rotatable bonds is 1. The molecule has 1 aromatic carbocycles. The predicted molar refractivity (Wildman–Crippen MR) is 75.0 cm³/mol. The van der Waals surface area contributed by atoms with Crippen LogP contribution >= 0.6 is 11.6 Å². The van der Waals surface area contributed by atoms with Gasteiger partial charge in [0.15, 0.2) is 0 Å². The average Bonchev–Trinajstić information content (AvgIpc) is 2.42. The van der Waals surface area contributed by atoms with Crippen LogP contribution in [-0.4, -0.2) is 24.0 Å². The second-order valence-electron chi connectivity index (χ2n) is 5.10. The molecule has 1 aliphatic rings. The van der Waals surface area contributed by atoms with Crippen LogP contribution in [0.3, 0.4) is 0 Å². The third-order valence-corrected chi connectivity index (χ3v) is 3.77. The number of hydrogen-bond acceptors (Lipinski definition) is 2. The second kappa shape index (κ2) is 5.50. The minimum Gasteiger partial charge on any atom is -0.324 e. The third-order valence-electron chi connectivity index (χ3n) is 3.52. The Labute approximate surface area is 118 Å². The van der Waals surface area contributed by atoms with Gasteiger partial charge in [0, 0.05) is 23.8 Å². The van der Waals surface area contributed by atoms with Crippen LogP contribution in [0, 0.1) is 16.7 Å². The molecule has 2 amide bonds. The van der Waals surface area contributed by atoms with Gasteiger partial charge < -0.3 is 10.2 Å². The van der Waals surface area contributed by atoms with Crippen LogP contribution in [0.2, 0.25) is 5.02 Å². The standard InChI is InChI=1S/C14H16ClN3O/c1-14(10-16)6-8-18(9-7-14)13(19)17-12-4-2-11(15)3-5-12/h2-5H,6-9H2,1H3,(H,17,19). The summed E-state index contributed by atoms with van der Waals surface area (Å²) in [7, 11) is 0. The minimum absolute atomic E-state index is 0.123. The smallest absolute Gasteiger partial charge is 0.321 e. The van der Waals surface area contributed by atoms with Crippen molar-refractivity contribution in [3.05, 3.63) is 29.3 Å². The first kappa shape index (κ1) is 13.7. The van der Waals surface area contributed by atoms with Crippen molar-refractivity contribution in [3.63, 3.8) is 0 Å². The lowest BCUT2D eigenvalue weighted by molar-refractivity contribution is 0.166. The van der Waals surface area contributed by atoms with Gasteiger partial charge in [-0.05, 0) is 44.0 Å². The van der Waals surface area contributed by atoms with Crippen molar-refractivity contribution in [2.24, 2.45) is 5.41 Å². The molecule has 0 saturated carbocycles. The Balaban J connectivity index is 1.92. The van der Waals surface area contributed by atoms with E-state index in [1.165, 1.54) is 0 Å². The number of piperidine rings is 1. The van der Waals surface area contributed by atoms with E-state index in [1.807, 2.05) is 6.92 Å². The molecule has 4 nitrogen and oxygen atoms in total. The lowest BCUT2D eigenvalue weighted by Crippen LogP contribution is -2.43. The Morgan fingerprint density at radius 1 is 1.37 bits per heavy atom. The molecule has 0 spiro atoms. The van der Waals surface area contributed by atoms with Crippen molar-refractivity contribution in [1.29, 1.82) is 5.26 Å². The van der Waals surface area contributed by atoms with Gasteiger partial charge in [-0.1, -0.05) is 11.6 Å². The third kappa shape index (κ3) is 3.39. The highest BCUT2D eigenvalue weighted by Crippen LogP contribution is 2.29. The van der Waals surface area contributed by atoms with Crippen LogP contribution in [0.5, 0.6) is 0 Å². The van der Waals surface area contributed by atoms with Gasteiger partial charge >= 0.3 is 6.03 Å². The van der Waals surface area contributed by atoms with Crippen LogP contribution in [0.25, 0.3) is 0 Å². The zero-order valence-corrected chi connectivity index (χ0v) is 11.6. The fourth-order valence-electron chi connectivity index (χ4n) is 2.05. The van der Waals surface area contributed by atoms with E-state index in [0.29, 0.717) is 18.1 Å². The monoisotopic (exact) mass is 277 g/mol. The number of benzene rings is 1. The van der Waals surface area contributed by atoms with Gasteiger partial charge in [0.1, 0.15) is 0 Å². The number of carbonyl (C=O) groups is 1. The Hall–Kier alpha value is -1.73. The maximum atomic E-state index is 12.1. The summed E-state index contributed by atoms with van der Waals surface area (Å²) in [6.07, 6.45) is 1.44. The average molecular weight is 278 g/mol. The summed E-state index contributed by atoms with van der Waals surface area (Å²) in [5.41, 5.74) is 0.430. The summed E-state index contributed by atoms with van der Waals surface area (Å²) in [6, 6.07) is 9.21. The molecule has 1 saturated heterocycles. The number of nitrogens with zero attached hydrogens (tertiary/aromatic N) is 2. The van der Waals surface area contributed by atoms with Gasteiger partial charge in [-0.3, -0.25) is 0 Å². The normalized spacial score (nSPS) is 17.6. The van der Waals surface area contributed by atoms with E-state index in [0.717, 1.165) is 18.5 Å². The van der Waals surface area contributed by atoms with E-state index in [1.54, 1.807) is 29.2 Å². The van der Waals surface area contributed by atoms with Crippen molar-refractivity contribution < 1.29 is 4.79 Å². The first-order valence-corrected chi connectivity index (χ1v) is 6.63. The molecule has 100 valence electrons. The zero-order valence-electron chi connectivity index (χ0n) is 10.8. The molecule has 5 heteroatoms. The number of carbonyl (C=O) groups excluding carboxylic acids is 1. The van der Waals surface area contributed by atoms with Gasteiger partial charge in [0.2, 0.25) is 0 Å². The first-order chi connectivity index (χ1) is 9.02. The molecule has 0 bridgehead atoms. The largest absolute Gasteiger partial charge is 0.324 e. The van der Waals surface area contributed by atoms with E-state index in [9.17, 15) is 4.79 Å². The molecule has 0 aromatic heterocycles. The highest BCUT2D eigenvalue weighted by molar-refractivity contribution is 6.30. The summed E-state index contributed by atoms with van der Waals surface area (Å²) >= 11 is 5.79. The molecule has 1 heterocycles. The SMILES string of the molecule is CC1(C#N)CCN(C(=O)Nc2ccc(Cl)cc2)CC1. The van der Waals surface area contributed by atoms with Crippen LogP contribution in [0.1, 0.15) is 19.8 Å². The number of amides is 2. The highest BCUT2D eigenvalue weighted by Gasteiger charge is 2.31. The highest BCUT2D eigenvalue weighted by atomic mass is 35.5. The fourth-order valence-corrected chi connectivity index (χ4v) is 2.18. The van der Waals surface area contributed by atoms with Crippen LogP contribution in [0.4, 0.5) is 10.5 Å². The Kier molecular flexibility index (Phi) is 3.96. The molecule has 1 aromatic rings. The van der Waals surface area contributed by atoms with E-state index in [4.69, 9.17) is 16.9 Å². The summed E-state index contributed by atoms with van der Waals surface area (Å²) in [6.45, 7) is 3.18. The van der Waals surface area contributed by atoms with Gasteiger partial charge in [0.05, 0.1) is 11.5 Å². The van der Waals surface area contributed by atoms with Crippen molar-refractivity contribution in [2.75, 3.05) is 18.4 Å². The molecule has 2 rings (SSSR count).